The molecule has 1 heterocycles. The van der Waals surface area contributed by atoms with Crippen LogP contribution in [-0.2, 0) is 19.3 Å². The van der Waals surface area contributed by atoms with E-state index in [1.54, 1.807) is 7.11 Å². The molecule has 0 aromatic heterocycles. The molecule has 2 nitrogen and oxygen atoms in total. The van der Waals surface area contributed by atoms with E-state index in [9.17, 15) is 0 Å². The second-order valence-electron chi connectivity index (χ2n) is 6.42. The van der Waals surface area contributed by atoms with Crippen molar-refractivity contribution >= 4 is 0 Å². The topological polar surface area (TPSA) is 12.5 Å². The maximum atomic E-state index is 5.36. The number of methoxy groups -OCH3 is 1. The van der Waals surface area contributed by atoms with E-state index in [0.29, 0.717) is 0 Å². The highest BCUT2D eigenvalue weighted by Crippen LogP contribution is 2.21. The molecule has 23 heavy (non-hydrogen) atoms. The number of nitrogens with zero attached hydrogens (tertiary/aromatic N) is 1. The Hall–Kier alpha value is -1.80. The van der Waals surface area contributed by atoms with E-state index < -0.39 is 0 Å². The molecular formula is C21H27NO. The minimum atomic E-state index is 0.986. The molecule has 3 rings (SSSR count). The average molecular weight is 309 g/mol. The zero-order valence-corrected chi connectivity index (χ0v) is 14.1. The third-order valence-corrected chi connectivity index (χ3v) is 4.84. The molecule has 0 aliphatic carbocycles. The number of ether oxygens (including phenoxy) is 1. The van der Waals surface area contributed by atoms with Crippen LogP contribution in [0.1, 0.15) is 29.5 Å². The standard InChI is InChI=1S/C21H27NO/c1-23-21-11-10-19-12-15-22(16-13-20(19)17-21)14-6-5-9-18-7-3-2-4-8-18/h2-4,7-8,10-11,17H,5-6,9,12-16H2,1H3. The minimum absolute atomic E-state index is 0.986. The molecule has 0 saturated heterocycles. The van der Waals surface area contributed by atoms with Gasteiger partial charge in [0.25, 0.3) is 0 Å². The molecule has 0 fully saturated rings. The molecule has 0 unspecified atom stereocenters. The zero-order valence-electron chi connectivity index (χ0n) is 14.1. The van der Waals surface area contributed by atoms with Gasteiger partial charge in [-0.25, -0.2) is 0 Å². The predicted molar refractivity (Wildman–Crippen MR) is 96.2 cm³/mol. The van der Waals surface area contributed by atoms with Crippen molar-refractivity contribution in [2.45, 2.75) is 32.1 Å². The third-order valence-electron chi connectivity index (χ3n) is 4.84. The summed E-state index contributed by atoms with van der Waals surface area (Å²) in [7, 11) is 1.75. The van der Waals surface area contributed by atoms with Crippen LogP contribution in [0.2, 0.25) is 0 Å². The van der Waals surface area contributed by atoms with Crippen LogP contribution in [-0.4, -0.2) is 31.6 Å². The van der Waals surface area contributed by atoms with Crippen molar-refractivity contribution < 1.29 is 4.74 Å². The highest BCUT2D eigenvalue weighted by atomic mass is 16.5. The van der Waals surface area contributed by atoms with E-state index in [1.807, 2.05) is 0 Å². The fourth-order valence-corrected chi connectivity index (χ4v) is 3.41. The SMILES string of the molecule is COc1ccc2c(c1)CCN(CCCCc1ccccc1)CC2. The van der Waals surface area contributed by atoms with Crippen molar-refractivity contribution in [2.24, 2.45) is 0 Å². The van der Waals surface area contributed by atoms with Gasteiger partial charge in [-0.15, -0.1) is 0 Å². The molecule has 2 aromatic rings. The molecule has 0 atom stereocenters. The molecule has 2 aromatic carbocycles. The monoisotopic (exact) mass is 309 g/mol. The Kier molecular flexibility index (Phi) is 5.71. The summed E-state index contributed by atoms with van der Waals surface area (Å²) in [6.45, 7) is 3.58. The Bertz CT molecular complexity index is 608. The Morgan fingerprint density at radius 2 is 1.70 bits per heavy atom. The number of rotatable bonds is 6. The molecule has 0 spiro atoms. The first-order valence-corrected chi connectivity index (χ1v) is 8.77. The van der Waals surface area contributed by atoms with Crippen LogP contribution in [0.15, 0.2) is 48.5 Å². The summed E-state index contributed by atoms with van der Waals surface area (Å²) in [5.41, 5.74) is 4.43. The highest BCUT2D eigenvalue weighted by Gasteiger charge is 2.14. The Morgan fingerprint density at radius 1 is 0.913 bits per heavy atom. The van der Waals surface area contributed by atoms with Gasteiger partial charge in [0, 0.05) is 13.1 Å². The number of unbranched alkanes of at least 4 members (excludes halogenated alkanes) is 1. The van der Waals surface area contributed by atoms with E-state index in [2.05, 4.69) is 53.4 Å². The van der Waals surface area contributed by atoms with Crippen LogP contribution < -0.4 is 4.74 Å². The molecule has 0 amide bonds. The maximum Gasteiger partial charge on any atom is 0.119 e. The normalized spacial score (nSPS) is 15.0. The van der Waals surface area contributed by atoms with E-state index in [4.69, 9.17) is 4.74 Å². The van der Waals surface area contributed by atoms with Gasteiger partial charge in [-0.2, -0.15) is 0 Å². The zero-order chi connectivity index (χ0) is 15.9. The quantitative estimate of drug-likeness (QED) is 0.744. The Labute approximate surface area is 140 Å². The molecule has 2 heteroatoms. The van der Waals surface area contributed by atoms with Crippen LogP contribution in [0.5, 0.6) is 5.75 Å². The summed E-state index contributed by atoms with van der Waals surface area (Å²) in [6, 6.07) is 17.4. The second kappa shape index (κ2) is 8.16. The number of fused-ring (bicyclic) bond motifs is 1. The Morgan fingerprint density at radius 3 is 2.48 bits per heavy atom. The van der Waals surface area contributed by atoms with E-state index in [-0.39, 0.29) is 0 Å². The summed E-state index contributed by atoms with van der Waals surface area (Å²) < 4.78 is 5.36. The fraction of sp³-hybridized carbons (Fsp3) is 0.429. The van der Waals surface area contributed by atoms with Gasteiger partial charge in [-0.1, -0.05) is 36.4 Å². The van der Waals surface area contributed by atoms with Crippen molar-refractivity contribution in [3.8, 4) is 5.75 Å². The summed E-state index contributed by atoms with van der Waals surface area (Å²) in [5, 5.41) is 0. The molecule has 122 valence electrons. The fourth-order valence-electron chi connectivity index (χ4n) is 3.41. The lowest BCUT2D eigenvalue weighted by Gasteiger charge is -2.19. The summed E-state index contributed by atoms with van der Waals surface area (Å²) >= 11 is 0. The van der Waals surface area contributed by atoms with Gasteiger partial charge in [-0.05, 0) is 67.5 Å². The first kappa shape index (κ1) is 16.1. The summed E-state index contributed by atoms with van der Waals surface area (Å²) in [4.78, 5) is 2.62. The summed E-state index contributed by atoms with van der Waals surface area (Å²) in [6.07, 6.45) is 6.07. The van der Waals surface area contributed by atoms with Crippen LogP contribution in [0.3, 0.4) is 0 Å². The van der Waals surface area contributed by atoms with Crippen molar-refractivity contribution in [1.29, 1.82) is 0 Å². The van der Waals surface area contributed by atoms with Crippen LogP contribution in [0.4, 0.5) is 0 Å². The lowest BCUT2D eigenvalue weighted by molar-refractivity contribution is 0.281. The molecule has 0 N–H and O–H groups in total. The van der Waals surface area contributed by atoms with Crippen molar-refractivity contribution in [1.82, 2.24) is 4.90 Å². The number of hydrogen-bond donors (Lipinski definition) is 0. The first-order chi connectivity index (χ1) is 11.3. The third kappa shape index (κ3) is 4.59. The van der Waals surface area contributed by atoms with E-state index >= 15 is 0 Å². The van der Waals surface area contributed by atoms with Crippen LogP contribution >= 0.6 is 0 Å². The molecule has 1 aliphatic rings. The smallest absolute Gasteiger partial charge is 0.119 e. The highest BCUT2D eigenvalue weighted by molar-refractivity contribution is 5.36. The molecule has 0 radical (unpaired) electrons. The van der Waals surface area contributed by atoms with E-state index in [0.717, 1.165) is 18.6 Å². The largest absolute Gasteiger partial charge is 0.497 e. The summed E-state index contributed by atoms with van der Waals surface area (Å²) in [5.74, 6) is 0.986. The van der Waals surface area contributed by atoms with Crippen molar-refractivity contribution in [3.63, 3.8) is 0 Å². The van der Waals surface area contributed by atoms with Gasteiger partial charge in [0.05, 0.1) is 7.11 Å². The van der Waals surface area contributed by atoms with Gasteiger partial charge in [0.1, 0.15) is 5.75 Å². The van der Waals surface area contributed by atoms with Crippen molar-refractivity contribution in [3.05, 3.63) is 65.2 Å². The minimum Gasteiger partial charge on any atom is -0.497 e. The van der Waals surface area contributed by atoms with Gasteiger partial charge < -0.3 is 9.64 Å². The van der Waals surface area contributed by atoms with Crippen LogP contribution in [0.25, 0.3) is 0 Å². The average Bonchev–Trinajstić information content (AvgIpc) is 2.81. The molecule has 0 bridgehead atoms. The predicted octanol–water partition coefficient (Wildman–Crippen LogP) is 4.12. The van der Waals surface area contributed by atoms with Gasteiger partial charge in [-0.3, -0.25) is 0 Å². The van der Waals surface area contributed by atoms with Crippen molar-refractivity contribution in [2.75, 3.05) is 26.7 Å². The number of benzene rings is 2. The number of aryl methyl sites for hydroxylation is 1. The molecular weight excluding hydrogens is 282 g/mol. The van der Waals surface area contributed by atoms with Gasteiger partial charge in [0.2, 0.25) is 0 Å². The molecule has 1 aliphatic heterocycles. The Balaban J connectivity index is 1.44. The lowest BCUT2D eigenvalue weighted by Crippen LogP contribution is -2.27. The van der Waals surface area contributed by atoms with Gasteiger partial charge in [0.15, 0.2) is 0 Å². The van der Waals surface area contributed by atoms with Crippen LogP contribution in [0, 0.1) is 0 Å². The second-order valence-corrected chi connectivity index (χ2v) is 6.42. The van der Waals surface area contributed by atoms with Gasteiger partial charge >= 0.3 is 0 Å². The number of hydrogen-bond acceptors (Lipinski definition) is 2. The lowest BCUT2D eigenvalue weighted by atomic mass is 10.0. The maximum absolute atomic E-state index is 5.36. The van der Waals surface area contributed by atoms with E-state index in [1.165, 1.54) is 55.6 Å². The first-order valence-electron chi connectivity index (χ1n) is 8.77. The molecule has 0 saturated carbocycles.